The largest absolute Gasteiger partial charge is 0.354 e. The van der Waals surface area contributed by atoms with Crippen molar-refractivity contribution in [1.82, 2.24) is 5.32 Å². The molecule has 0 heterocycles. The number of alkyl halides is 1. The molecule has 1 rings (SSSR count). The second-order valence-corrected chi connectivity index (χ2v) is 7.06. The van der Waals surface area contributed by atoms with Gasteiger partial charge in [-0.05, 0) is 24.7 Å². The van der Waals surface area contributed by atoms with Gasteiger partial charge in [0.05, 0.1) is 5.38 Å². The van der Waals surface area contributed by atoms with Crippen molar-refractivity contribution in [3.05, 3.63) is 0 Å². The molecule has 1 saturated carbocycles. The lowest BCUT2D eigenvalue weighted by molar-refractivity contribution is -0.125. The van der Waals surface area contributed by atoms with Gasteiger partial charge in [0.2, 0.25) is 5.91 Å². The first-order valence-corrected chi connectivity index (χ1v) is 7.24. The number of amides is 1. The minimum atomic E-state index is 0.0440. The number of halogens is 1. The second-order valence-electron chi connectivity index (χ2n) is 6.44. The zero-order chi connectivity index (χ0) is 12.9. The van der Waals surface area contributed by atoms with Crippen molar-refractivity contribution in [3.63, 3.8) is 0 Å². The van der Waals surface area contributed by atoms with E-state index in [2.05, 4.69) is 26.1 Å². The van der Waals surface area contributed by atoms with Crippen molar-refractivity contribution >= 4 is 17.5 Å². The zero-order valence-corrected chi connectivity index (χ0v) is 12.1. The normalized spacial score (nSPS) is 20.0. The van der Waals surface area contributed by atoms with Crippen LogP contribution in [0.3, 0.4) is 0 Å². The molecule has 100 valence electrons. The van der Waals surface area contributed by atoms with Crippen LogP contribution in [0.15, 0.2) is 0 Å². The van der Waals surface area contributed by atoms with Crippen LogP contribution in [0.4, 0.5) is 0 Å². The number of carbonyl (C=O) groups is 1. The maximum absolute atomic E-state index is 11.9. The van der Waals surface area contributed by atoms with Crippen LogP contribution in [0, 0.1) is 11.3 Å². The molecule has 1 amide bonds. The van der Waals surface area contributed by atoms with Crippen molar-refractivity contribution in [1.29, 1.82) is 0 Å². The fraction of sp³-hybridized carbons (Fsp3) is 0.929. The Morgan fingerprint density at radius 1 is 1.29 bits per heavy atom. The van der Waals surface area contributed by atoms with Crippen LogP contribution in [0.1, 0.15) is 59.3 Å². The van der Waals surface area contributed by atoms with E-state index in [0.717, 1.165) is 19.3 Å². The van der Waals surface area contributed by atoms with Gasteiger partial charge in [0, 0.05) is 12.5 Å². The summed E-state index contributed by atoms with van der Waals surface area (Å²) in [4.78, 5) is 11.9. The molecule has 1 fully saturated rings. The van der Waals surface area contributed by atoms with Crippen LogP contribution >= 0.6 is 11.6 Å². The summed E-state index contributed by atoms with van der Waals surface area (Å²) in [7, 11) is 0. The van der Waals surface area contributed by atoms with Gasteiger partial charge >= 0.3 is 0 Å². The highest BCUT2D eigenvalue weighted by Crippen LogP contribution is 2.25. The van der Waals surface area contributed by atoms with E-state index in [-0.39, 0.29) is 22.6 Å². The SMILES string of the molecule is CC(C)(C)CC(Cl)CNC(=O)C1CCCCC1. The Labute approximate surface area is 110 Å². The summed E-state index contributed by atoms with van der Waals surface area (Å²) in [6.45, 7) is 7.12. The van der Waals surface area contributed by atoms with E-state index < -0.39 is 0 Å². The smallest absolute Gasteiger partial charge is 0.223 e. The fourth-order valence-electron chi connectivity index (χ4n) is 2.46. The van der Waals surface area contributed by atoms with Gasteiger partial charge in [0.25, 0.3) is 0 Å². The average molecular weight is 260 g/mol. The Hall–Kier alpha value is -0.240. The predicted octanol–water partition coefficient (Wildman–Crippen LogP) is 3.73. The van der Waals surface area contributed by atoms with Gasteiger partial charge in [-0.1, -0.05) is 40.0 Å². The molecule has 1 aliphatic rings. The van der Waals surface area contributed by atoms with Crippen molar-refractivity contribution in [2.75, 3.05) is 6.54 Å². The van der Waals surface area contributed by atoms with E-state index >= 15 is 0 Å². The summed E-state index contributed by atoms with van der Waals surface area (Å²) in [5, 5.41) is 3.05. The van der Waals surface area contributed by atoms with E-state index in [9.17, 15) is 4.79 Å². The van der Waals surface area contributed by atoms with Crippen LogP contribution in [0.25, 0.3) is 0 Å². The van der Waals surface area contributed by atoms with E-state index in [1.807, 2.05) is 0 Å². The number of carbonyl (C=O) groups excluding carboxylic acids is 1. The van der Waals surface area contributed by atoms with Gasteiger partial charge in [0.1, 0.15) is 0 Å². The molecule has 0 spiro atoms. The lowest BCUT2D eigenvalue weighted by Crippen LogP contribution is -2.36. The summed E-state index contributed by atoms with van der Waals surface area (Å²) in [5.74, 6) is 0.450. The van der Waals surface area contributed by atoms with Crippen LogP contribution in [-0.4, -0.2) is 17.8 Å². The Bertz CT molecular complexity index is 241. The number of hydrogen-bond donors (Lipinski definition) is 1. The molecular formula is C14H26ClNO. The molecule has 1 unspecified atom stereocenters. The minimum absolute atomic E-state index is 0.0440. The summed E-state index contributed by atoms with van der Waals surface area (Å²) in [6, 6.07) is 0. The van der Waals surface area contributed by atoms with Crippen LogP contribution in [0.2, 0.25) is 0 Å². The standard InChI is InChI=1S/C14H26ClNO/c1-14(2,3)9-12(15)10-16-13(17)11-7-5-4-6-8-11/h11-12H,4-10H2,1-3H3,(H,16,17). The van der Waals surface area contributed by atoms with Crippen molar-refractivity contribution in [3.8, 4) is 0 Å². The molecule has 0 aromatic rings. The Morgan fingerprint density at radius 3 is 2.41 bits per heavy atom. The fourth-order valence-corrected chi connectivity index (χ4v) is 3.00. The highest BCUT2D eigenvalue weighted by Gasteiger charge is 2.22. The average Bonchev–Trinajstić information content (AvgIpc) is 2.25. The first-order valence-electron chi connectivity index (χ1n) is 6.80. The summed E-state index contributed by atoms with van der Waals surface area (Å²) in [5.41, 5.74) is 0.224. The molecule has 0 radical (unpaired) electrons. The van der Waals surface area contributed by atoms with Crippen molar-refractivity contribution in [2.45, 2.75) is 64.7 Å². The van der Waals surface area contributed by atoms with Crippen molar-refractivity contribution in [2.24, 2.45) is 11.3 Å². The topological polar surface area (TPSA) is 29.1 Å². The lowest BCUT2D eigenvalue weighted by atomic mass is 9.88. The lowest BCUT2D eigenvalue weighted by Gasteiger charge is -2.24. The Morgan fingerprint density at radius 2 is 1.88 bits per heavy atom. The predicted molar refractivity (Wildman–Crippen MR) is 73.3 cm³/mol. The third kappa shape index (κ3) is 6.30. The van der Waals surface area contributed by atoms with Gasteiger partial charge < -0.3 is 5.32 Å². The highest BCUT2D eigenvalue weighted by atomic mass is 35.5. The first-order chi connectivity index (χ1) is 7.88. The first kappa shape index (κ1) is 14.8. The molecule has 0 saturated heterocycles. The molecule has 3 heteroatoms. The van der Waals surface area contributed by atoms with Gasteiger partial charge in [-0.2, -0.15) is 0 Å². The molecule has 2 nitrogen and oxygen atoms in total. The molecule has 0 aromatic heterocycles. The molecule has 1 aliphatic carbocycles. The van der Waals surface area contributed by atoms with E-state index in [1.54, 1.807) is 0 Å². The summed E-state index contributed by atoms with van der Waals surface area (Å²) >= 11 is 6.23. The molecule has 17 heavy (non-hydrogen) atoms. The van der Waals surface area contributed by atoms with Gasteiger partial charge in [-0.3, -0.25) is 4.79 Å². The minimum Gasteiger partial charge on any atom is -0.354 e. The number of hydrogen-bond acceptors (Lipinski definition) is 1. The third-order valence-corrected chi connectivity index (χ3v) is 3.62. The Kier molecular flexibility index (Phi) is 5.78. The summed E-state index contributed by atoms with van der Waals surface area (Å²) < 4.78 is 0. The second kappa shape index (κ2) is 6.63. The van der Waals surface area contributed by atoms with Crippen LogP contribution in [-0.2, 0) is 4.79 Å². The van der Waals surface area contributed by atoms with E-state index in [1.165, 1.54) is 19.3 Å². The van der Waals surface area contributed by atoms with E-state index in [0.29, 0.717) is 6.54 Å². The third-order valence-electron chi connectivity index (χ3n) is 3.31. The van der Waals surface area contributed by atoms with Gasteiger partial charge in [-0.25, -0.2) is 0 Å². The molecule has 0 aromatic carbocycles. The number of rotatable bonds is 4. The molecule has 1 atom stereocenters. The quantitative estimate of drug-likeness (QED) is 0.766. The molecule has 1 N–H and O–H groups in total. The van der Waals surface area contributed by atoms with Crippen LogP contribution < -0.4 is 5.32 Å². The highest BCUT2D eigenvalue weighted by molar-refractivity contribution is 6.20. The Balaban J connectivity index is 2.22. The van der Waals surface area contributed by atoms with Gasteiger partial charge in [-0.15, -0.1) is 11.6 Å². The van der Waals surface area contributed by atoms with Crippen molar-refractivity contribution < 1.29 is 4.79 Å². The molecular weight excluding hydrogens is 234 g/mol. The van der Waals surface area contributed by atoms with E-state index in [4.69, 9.17) is 11.6 Å². The van der Waals surface area contributed by atoms with Gasteiger partial charge in [0.15, 0.2) is 0 Å². The maximum atomic E-state index is 11.9. The monoisotopic (exact) mass is 259 g/mol. The molecule has 0 bridgehead atoms. The summed E-state index contributed by atoms with van der Waals surface area (Å²) in [6.07, 6.45) is 6.72. The van der Waals surface area contributed by atoms with Crippen LogP contribution in [0.5, 0.6) is 0 Å². The zero-order valence-electron chi connectivity index (χ0n) is 11.4. The number of nitrogens with one attached hydrogen (secondary N) is 1. The molecule has 0 aliphatic heterocycles. The maximum Gasteiger partial charge on any atom is 0.223 e.